The average molecular weight is 275 g/mol. The number of nitrogens with zero attached hydrogens (tertiary/aromatic N) is 1. The summed E-state index contributed by atoms with van der Waals surface area (Å²) >= 11 is 0. The smallest absolute Gasteiger partial charge is 0.119 e. The largest absolute Gasteiger partial charge is 0.497 e. The fourth-order valence-corrected chi connectivity index (χ4v) is 2.35. The van der Waals surface area contributed by atoms with Gasteiger partial charge in [0.2, 0.25) is 0 Å². The maximum atomic E-state index is 8.85. The van der Waals surface area contributed by atoms with Gasteiger partial charge in [-0.1, -0.05) is 11.8 Å². The molecule has 4 nitrogen and oxygen atoms in total. The molecule has 0 bridgehead atoms. The number of methoxy groups -OCH3 is 1. The number of aliphatic hydroxyl groups is 1. The van der Waals surface area contributed by atoms with Crippen molar-refractivity contribution in [3.63, 3.8) is 0 Å². The molecule has 1 heterocycles. The van der Waals surface area contributed by atoms with Crippen LogP contribution >= 0.6 is 0 Å². The van der Waals surface area contributed by atoms with E-state index in [0.29, 0.717) is 6.04 Å². The summed E-state index contributed by atoms with van der Waals surface area (Å²) in [5, 5.41) is 8.85. The predicted molar refractivity (Wildman–Crippen MR) is 77.6 cm³/mol. The van der Waals surface area contributed by atoms with Gasteiger partial charge in [-0.3, -0.25) is 4.90 Å². The summed E-state index contributed by atoms with van der Waals surface area (Å²) in [5.41, 5.74) is 2.05. The van der Waals surface area contributed by atoms with E-state index in [1.54, 1.807) is 7.11 Å². The van der Waals surface area contributed by atoms with Crippen LogP contribution in [-0.2, 0) is 11.3 Å². The second kappa shape index (κ2) is 7.30. The Hall–Kier alpha value is -1.54. The zero-order valence-electron chi connectivity index (χ0n) is 12.1. The van der Waals surface area contributed by atoms with Crippen molar-refractivity contribution in [3.8, 4) is 17.6 Å². The maximum Gasteiger partial charge on any atom is 0.119 e. The van der Waals surface area contributed by atoms with Crippen LogP contribution < -0.4 is 4.74 Å². The number of rotatable bonds is 4. The van der Waals surface area contributed by atoms with Crippen LogP contribution in [0.1, 0.15) is 17.5 Å². The van der Waals surface area contributed by atoms with Gasteiger partial charge >= 0.3 is 0 Å². The van der Waals surface area contributed by atoms with Gasteiger partial charge in [-0.2, -0.15) is 0 Å². The molecule has 1 fully saturated rings. The lowest BCUT2D eigenvalue weighted by Gasteiger charge is -2.23. The molecule has 1 unspecified atom stereocenters. The highest BCUT2D eigenvalue weighted by Gasteiger charge is 2.20. The summed E-state index contributed by atoms with van der Waals surface area (Å²) < 4.78 is 10.7. The van der Waals surface area contributed by atoms with Crippen molar-refractivity contribution in [3.05, 3.63) is 29.3 Å². The third-order valence-electron chi connectivity index (χ3n) is 3.56. The van der Waals surface area contributed by atoms with Crippen molar-refractivity contribution in [1.82, 2.24) is 4.90 Å². The fourth-order valence-electron chi connectivity index (χ4n) is 2.35. The molecule has 0 saturated carbocycles. The molecule has 108 valence electrons. The van der Waals surface area contributed by atoms with Crippen LogP contribution in [0.5, 0.6) is 5.75 Å². The van der Waals surface area contributed by atoms with Crippen molar-refractivity contribution >= 4 is 0 Å². The van der Waals surface area contributed by atoms with Crippen LogP contribution in [0.2, 0.25) is 0 Å². The average Bonchev–Trinajstić information content (AvgIpc) is 3.00. The topological polar surface area (TPSA) is 41.9 Å². The molecule has 1 N–H and O–H groups in total. The van der Waals surface area contributed by atoms with Gasteiger partial charge in [0.05, 0.1) is 13.7 Å². The number of benzene rings is 1. The second-order valence-corrected chi connectivity index (χ2v) is 4.92. The third-order valence-corrected chi connectivity index (χ3v) is 3.56. The van der Waals surface area contributed by atoms with Gasteiger partial charge in [0, 0.05) is 24.8 Å². The van der Waals surface area contributed by atoms with Gasteiger partial charge in [-0.15, -0.1) is 0 Å². The first-order chi connectivity index (χ1) is 9.74. The lowest BCUT2D eigenvalue weighted by Crippen LogP contribution is -2.31. The summed E-state index contributed by atoms with van der Waals surface area (Å²) in [6.07, 6.45) is 1.07. The van der Waals surface area contributed by atoms with Gasteiger partial charge in [0.1, 0.15) is 12.4 Å². The predicted octanol–water partition coefficient (Wildman–Crippen LogP) is 1.26. The van der Waals surface area contributed by atoms with Crippen LogP contribution in [0.15, 0.2) is 18.2 Å². The molecule has 0 aromatic heterocycles. The zero-order valence-corrected chi connectivity index (χ0v) is 12.1. The van der Waals surface area contributed by atoms with Crippen molar-refractivity contribution in [2.24, 2.45) is 0 Å². The number of likely N-dealkylation sites (N-methyl/N-ethyl adjacent to an activating group) is 1. The van der Waals surface area contributed by atoms with E-state index >= 15 is 0 Å². The van der Waals surface area contributed by atoms with Crippen LogP contribution in [0, 0.1) is 11.8 Å². The SMILES string of the molecule is COc1ccc(C#CCO)c(CN(C)C2CCOC2)c1. The maximum absolute atomic E-state index is 8.85. The molecule has 1 saturated heterocycles. The molecule has 1 aromatic rings. The van der Waals surface area contributed by atoms with Crippen LogP contribution in [-0.4, -0.2) is 50.0 Å². The Balaban J connectivity index is 2.18. The van der Waals surface area contributed by atoms with Gasteiger partial charge in [0.15, 0.2) is 0 Å². The van der Waals surface area contributed by atoms with Gasteiger partial charge < -0.3 is 14.6 Å². The zero-order chi connectivity index (χ0) is 14.4. The standard InChI is InChI=1S/C16H21NO3/c1-17(15-7-9-20-12-15)11-14-10-16(19-2)6-5-13(14)4-3-8-18/h5-6,10,15,18H,7-9,11-12H2,1-2H3. The number of hydrogen-bond acceptors (Lipinski definition) is 4. The van der Waals surface area contributed by atoms with E-state index in [0.717, 1.165) is 43.1 Å². The van der Waals surface area contributed by atoms with Gasteiger partial charge in [-0.05, 0) is 37.2 Å². The molecule has 4 heteroatoms. The highest BCUT2D eigenvalue weighted by molar-refractivity contribution is 5.45. The van der Waals surface area contributed by atoms with E-state index in [1.165, 1.54) is 0 Å². The molecule has 20 heavy (non-hydrogen) atoms. The quantitative estimate of drug-likeness (QED) is 0.840. The molecule has 0 spiro atoms. The summed E-state index contributed by atoms with van der Waals surface area (Å²) in [5.74, 6) is 6.53. The van der Waals surface area contributed by atoms with E-state index in [1.807, 2.05) is 18.2 Å². The van der Waals surface area contributed by atoms with Crippen molar-refractivity contribution < 1.29 is 14.6 Å². The van der Waals surface area contributed by atoms with E-state index in [4.69, 9.17) is 14.6 Å². The second-order valence-electron chi connectivity index (χ2n) is 4.92. The molecular weight excluding hydrogens is 254 g/mol. The summed E-state index contributed by atoms with van der Waals surface area (Å²) in [7, 11) is 3.76. The Morgan fingerprint density at radius 3 is 3.00 bits per heavy atom. The lowest BCUT2D eigenvalue weighted by molar-refractivity contribution is 0.156. The normalized spacial score (nSPS) is 17.9. The fraction of sp³-hybridized carbons (Fsp3) is 0.500. The van der Waals surface area contributed by atoms with Gasteiger partial charge in [0.25, 0.3) is 0 Å². The Morgan fingerprint density at radius 1 is 1.50 bits per heavy atom. The highest BCUT2D eigenvalue weighted by Crippen LogP contribution is 2.21. The minimum atomic E-state index is -0.127. The monoisotopic (exact) mass is 275 g/mol. The summed E-state index contributed by atoms with van der Waals surface area (Å²) in [6, 6.07) is 6.30. The summed E-state index contributed by atoms with van der Waals surface area (Å²) in [6.45, 7) is 2.29. The van der Waals surface area contributed by atoms with Crippen molar-refractivity contribution in [2.75, 3.05) is 34.0 Å². The highest BCUT2D eigenvalue weighted by atomic mass is 16.5. The Bertz CT molecular complexity index is 498. The first-order valence-electron chi connectivity index (χ1n) is 6.79. The van der Waals surface area contributed by atoms with Crippen LogP contribution in [0.4, 0.5) is 0 Å². The van der Waals surface area contributed by atoms with E-state index in [-0.39, 0.29) is 6.61 Å². The first-order valence-corrected chi connectivity index (χ1v) is 6.79. The Morgan fingerprint density at radius 2 is 2.35 bits per heavy atom. The number of aliphatic hydroxyl groups excluding tert-OH is 1. The van der Waals surface area contributed by atoms with Crippen LogP contribution in [0.25, 0.3) is 0 Å². The molecule has 0 aliphatic carbocycles. The third kappa shape index (κ3) is 3.73. The molecule has 1 aliphatic rings. The summed E-state index contributed by atoms with van der Waals surface area (Å²) in [4.78, 5) is 2.28. The molecule has 2 rings (SSSR count). The lowest BCUT2D eigenvalue weighted by atomic mass is 10.1. The minimum Gasteiger partial charge on any atom is -0.497 e. The molecular formula is C16H21NO3. The molecule has 1 aliphatic heterocycles. The molecule has 0 radical (unpaired) electrons. The first kappa shape index (κ1) is 14.9. The Kier molecular flexibility index (Phi) is 5.42. The molecule has 0 amide bonds. The van der Waals surface area contributed by atoms with Gasteiger partial charge in [-0.25, -0.2) is 0 Å². The van der Waals surface area contributed by atoms with E-state index < -0.39 is 0 Å². The van der Waals surface area contributed by atoms with Crippen molar-refractivity contribution in [1.29, 1.82) is 0 Å². The minimum absolute atomic E-state index is 0.127. The van der Waals surface area contributed by atoms with Crippen LogP contribution in [0.3, 0.4) is 0 Å². The molecule has 1 atom stereocenters. The number of hydrogen-bond donors (Lipinski definition) is 1. The number of ether oxygens (including phenoxy) is 2. The Labute approximate surface area is 120 Å². The van der Waals surface area contributed by atoms with E-state index in [9.17, 15) is 0 Å². The van der Waals surface area contributed by atoms with E-state index in [2.05, 4.69) is 23.8 Å². The van der Waals surface area contributed by atoms with Crippen molar-refractivity contribution in [2.45, 2.75) is 19.0 Å². The molecule has 1 aromatic carbocycles.